The van der Waals surface area contributed by atoms with Crippen molar-refractivity contribution in [3.05, 3.63) is 35.1 Å². The van der Waals surface area contributed by atoms with Gasteiger partial charge in [0, 0.05) is 11.6 Å². The Morgan fingerprint density at radius 3 is 2.58 bits per heavy atom. The zero-order valence-corrected chi connectivity index (χ0v) is 10.2. The average molecular weight is 271 g/mol. The predicted octanol–water partition coefficient (Wildman–Crippen LogP) is 1.93. The maximum absolute atomic E-state index is 13.6. The van der Waals surface area contributed by atoms with Gasteiger partial charge in [0.05, 0.1) is 13.2 Å². The van der Waals surface area contributed by atoms with Gasteiger partial charge in [0.15, 0.2) is 11.6 Å². The van der Waals surface area contributed by atoms with Gasteiger partial charge in [-0.2, -0.15) is 0 Å². The number of halogens is 3. The molecule has 1 N–H and O–H groups in total. The molecule has 0 heterocycles. The van der Waals surface area contributed by atoms with Crippen molar-refractivity contribution in [3.8, 4) is 12.3 Å². The first-order chi connectivity index (χ1) is 9.01. The highest BCUT2D eigenvalue weighted by Gasteiger charge is 2.26. The molecule has 0 aliphatic heterocycles. The average Bonchev–Trinajstić information content (AvgIpc) is 2.36. The van der Waals surface area contributed by atoms with E-state index in [1.54, 1.807) is 6.92 Å². The Morgan fingerprint density at radius 1 is 1.37 bits per heavy atom. The molecular weight excluding hydrogens is 259 g/mol. The lowest BCUT2D eigenvalue weighted by molar-refractivity contribution is -0.145. The normalized spacial score (nSPS) is 11.7. The van der Waals surface area contributed by atoms with Crippen LogP contribution in [0, 0.1) is 29.8 Å². The highest BCUT2D eigenvalue weighted by molar-refractivity contribution is 5.77. The SMILES string of the molecule is C#CCNC(C(=O)OCC)c1cc(F)c(F)cc1F. The van der Waals surface area contributed by atoms with Gasteiger partial charge in [-0.05, 0) is 13.0 Å². The zero-order chi connectivity index (χ0) is 14.4. The van der Waals surface area contributed by atoms with E-state index in [-0.39, 0.29) is 18.7 Å². The third kappa shape index (κ3) is 3.73. The number of terminal acetylenes is 1. The molecule has 0 aliphatic carbocycles. The number of nitrogens with one attached hydrogen (secondary N) is 1. The molecule has 0 saturated heterocycles. The highest BCUT2D eigenvalue weighted by Crippen LogP contribution is 2.21. The van der Waals surface area contributed by atoms with Crippen molar-refractivity contribution in [2.75, 3.05) is 13.2 Å². The topological polar surface area (TPSA) is 38.3 Å². The first-order valence-corrected chi connectivity index (χ1v) is 5.49. The van der Waals surface area contributed by atoms with E-state index in [1.807, 2.05) is 0 Å². The Bertz CT molecular complexity index is 511. The standard InChI is InChI=1S/C13H12F3NO2/c1-3-5-17-12(13(18)19-4-2)8-6-10(15)11(16)7-9(8)14/h1,6-7,12,17H,4-5H2,2H3. The second kappa shape index (κ2) is 6.81. The van der Waals surface area contributed by atoms with Gasteiger partial charge in [0.1, 0.15) is 11.9 Å². The first kappa shape index (κ1) is 15.1. The summed E-state index contributed by atoms with van der Waals surface area (Å²) >= 11 is 0. The largest absolute Gasteiger partial charge is 0.465 e. The lowest BCUT2D eigenvalue weighted by Gasteiger charge is -2.17. The monoisotopic (exact) mass is 271 g/mol. The molecule has 0 saturated carbocycles. The second-order valence-corrected chi connectivity index (χ2v) is 3.56. The zero-order valence-electron chi connectivity index (χ0n) is 10.2. The van der Waals surface area contributed by atoms with E-state index in [4.69, 9.17) is 11.2 Å². The number of esters is 1. The van der Waals surface area contributed by atoms with E-state index in [0.717, 1.165) is 0 Å². The van der Waals surface area contributed by atoms with Crippen LogP contribution in [0.25, 0.3) is 0 Å². The summed E-state index contributed by atoms with van der Waals surface area (Å²) in [5.41, 5.74) is -0.354. The molecule has 6 heteroatoms. The second-order valence-electron chi connectivity index (χ2n) is 3.56. The molecule has 102 valence electrons. The number of benzene rings is 1. The Kier molecular flexibility index (Phi) is 5.39. The fraction of sp³-hybridized carbons (Fsp3) is 0.308. The van der Waals surface area contributed by atoms with Crippen LogP contribution < -0.4 is 5.32 Å². The van der Waals surface area contributed by atoms with Crippen LogP contribution >= 0.6 is 0 Å². The molecule has 0 radical (unpaired) electrons. The number of carbonyl (C=O) groups is 1. The molecule has 1 rings (SSSR count). The Balaban J connectivity index is 3.13. The van der Waals surface area contributed by atoms with E-state index in [1.165, 1.54) is 0 Å². The summed E-state index contributed by atoms with van der Waals surface area (Å²) in [7, 11) is 0. The maximum Gasteiger partial charge on any atom is 0.327 e. The lowest BCUT2D eigenvalue weighted by atomic mass is 10.1. The summed E-state index contributed by atoms with van der Waals surface area (Å²) in [6, 6.07) is -0.310. The Hall–Kier alpha value is -2.00. The van der Waals surface area contributed by atoms with Gasteiger partial charge in [-0.25, -0.2) is 18.0 Å². The van der Waals surface area contributed by atoms with Gasteiger partial charge in [0.25, 0.3) is 0 Å². The van der Waals surface area contributed by atoms with Crippen LogP contribution in [-0.2, 0) is 9.53 Å². The van der Waals surface area contributed by atoms with Crippen LogP contribution in [0.5, 0.6) is 0 Å². The van der Waals surface area contributed by atoms with E-state index in [2.05, 4.69) is 11.2 Å². The van der Waals surface area contributed by atoms with Crippen molar-refractivity contribution >= 4 is 5.97 Å². The molecule has 1 atom stereocenters. The van der Waals surface area contributed by atoms with E-state index in [0.29, 0.717) is 12.1 Å². The molecule has 3 nitrogen and oxygen atoms in total. The van der Waals surface area contributed by atoms with Crippen molar-refractivity contribution in [2.24, 2.45) is 0 Å². The molecule has 1 aromatic carbocycles. The summed E-state index contributed by atoms with van der Waals surface area (Å²) in [6.07, 6.45) is 5.03. The molecule has 0 spiro atoms. The minimum Gasteiger partial charge on any atom is -0.465 e. The van der Waals surface area contributed by atoms with Crippen LogP contribution in [0.1, 0.15) is 18.5 Å². The van der Waals surface area contributed by atoms with Gasteiger partial charge in [-0.15, -0.1) is 6.42 Å². The molecule has 0 aliphatic rings. The number of ether oxygens (including phenoxy) is 1. The molecule has 0 bridgehead atoms. The highest BCUT2D eigenvalue weighted by atomic mass is 19.2. The number of rotatable bonds is 5. The summed E-state index contributed by atoms with van der Waals surface area (Å²) in [6.45, 7) is 1.58. The van der Waals surface area contributed by atoms with Crippen molar-refractivity contribution < 1.29 is 22.7 Å². The smallest absolute Gasteiger partial charge is 0.327 e. The van der Waals surface area contributed by atoms with Gasteiger partial charge >= 0.3 is 5.97 Å². The van der Waals surface area contributed by atoms with Crippen LogP contribution in [-0.4, -0.2) is 19.1 Å². The van der Waals surface area contributed by atoms with Crippen molar-refractivity contribution in [3.63, 3.8) is 0 Å². The summed E-state index contributed by atoms with van der Waals surface area (Å²) < 4.78 is 44.3. The van der Waals surface area contributed by atoms with Crippen LogP contribution in [0.3, 0.4) is 0 Å². The third-order valence-electron chi connectivity index (χ3n) is 2.28. The quantitative estimate of drug-likeness (QED) is 0.505. The minimum atomic E-state index is -1.33. The molecule has 1 unspecified atom stereocenters. The van der Waals surface area contributed by atoms with Crippen molar-refractivity contribution in [2.45, 2.75) is 13.0 Å². The van der Waals surface area contributed by atoms with Gasteiger partial charge < -0.3 is 4.74 Å². The summed E-state index contributed by atoms with van der Waals surface area (Å²) in [5, 5.41) is 2.52. The van der Waals surface area contributed by atoms with E-state index < -0.39 is 29.5 Å². The van der Waals surface area contributed by atoms with Crippen LogP contribution in [0.2, 0.25) is 0 Å². The minimum absolute atomic E-state index is 0.0537. The van der Waals surface area contributed by atoms with Crippen molar-refractivity contribution in [1.82, 2.24) is 5.32 Å². The lowest BCUT2D eigenvalue weighted by Crippen LogP contribution is -2.31. The summed E-state index contributed by atoms with van der Waals surface area (Å²) in [4.78, 5) is 11.7. The molecule has 0 fully saturated rings. The van der Waals surface area contributed by atoms with E-state index >= 15 is 0 Å². The molecule has 1 aromatic rings. The third-order valence-corrected chi connectivity index (χ3v) is 2.28. The van der Waals surface area contributed by atoms with Crippen LogP contribution in [0.15, 0.2) is 12.1 Å². The predicted molar refractivity (Wildman–Crippen MR) is 62.5 cm³/mol. The Morgan fingerprint density at radius 2 is 2.00 bits per heavy atom. The van der Waals surface area contributed by atoms with Crippen molar-refractivity contribution in [1.29, 1.82) is 0 Å². The number of hydrogen-bond acceptors (Lipinski definition) is 3. The fourth-order valence-electron chi connectivity index (χ4n) is 1.47. The summed E-state index contributed by atoms with van der Waals surface area (Å²) in [5.74, 6) is -2.26. The van der Waals surface area contributed by atoms with Crippen LogP contribution in [0.4, 0.5) is 13.2 Å². The maximum atomic E-state index is 13.6. The molecule has 0 aromatic heterocycles. The molecule has 19 heavy (non-hydrogen) atoms. The number of hydrogen-bond donors (Lipinski definition) is 1. The van der Waals surface area contributed by atoms with Gasteiger partial charge in [-0.3, -0.25) is 5.32 Å². The van der Waals surface area contributed by atoms with Gasteiger partial charge in [0.2, 0.25) is 0 Å². The van der Waals surface area contributed by atoms with E-state index in [9.17, 15) is 18.0 Å². The molecule has 0 amide bonds. The first-order valence-electron chi connectivity index (χ1n) is 5.49. The number of carbonyl (C=O) groups excluding carboxylic acids is 1. The molecular formula is C13H12F3NO2. The Labute approximate surface area is 108 Å². The van der Waals surface area contributed by atoms with Gasteiger partial charge in [-0.1, -0.05) is 5.92 Å². The fourth-order valence-corrected chi connectivity index (χ4v) is 1.47.